The van der Waals surface area contributed by atoms with Gasteiger partial charge in [-0.2, -0.15) is 0 Å². The SMILES string of the molecule is NC1(C(=O)N2CCN(C(=O)Cc3ccccc3Cl)CC2)CCCC1. The molecular weight excluding hydrogens is 326 g/mol. The van der Waals surface area contributed by atoms with Crippen LogP contribution in [0.5, 0.6) is 0 Å². The van der Waals surface area contributed by atoms with Crippen LogP contribution in [0.1, 0.15) is 31.2 Å². The highest BCUT2D eigenvalue weighted by atomic mass is 35.5. The van der Waals surface area contributed by atoms with E-state index in [0.717, 1.165) is 31.2 Å². The smallest absolute Gasteiger partial charge is 0.242 e. The molecule has 0 aromatic heterocycles. The van der Waals surface area contributed by atoms with Crippen molar-refractivity contribution in [2.24, 2.45) is 5.73 Å². The largest absolute Gasteiger partial charge is 0.339 e. The van der Waals surface area contributed by atoms with Crippen molar-refractivity contribution in [2.75, 3.05) is 26.2 Å². The van der Waals surface area contributed by atoms with E-state index in [1.165, 1.54) is 0 Å². The summed E-state index contributed by atoms with van der Waals surface area (Å²) in [5.74, 6) is 0.108. The van der Waals surface area contributed by atoms with Crippen molar-refractivity contribution in [1.29, 1.82) is 0 Å². The molecule has 1 heterocycles. The Morgan fingerprint density at radius 1 is 1.04 bits per heavy atom. The lowest BCUT2D eigenvalue weighted by Crippen LogP contribution is -2.59. The Kier molecular flexibility index (Phi) is 5.11. The Balaban J connectivity index is 1.54. The maximum atomic E-state index is 12.6. The van der Waals surface area contributed by atoms with Crippen LogP contribution in [0.15, 0.2) is 24.3 Å². The molecule has 24 heavy (non-hydrogen) atoms. The molecule has 1 aromatic carbocycles. The lowest BCUT2D eigenvalue weighted by molar-refractivity contribution is -0.142. The third kappa shape index (κ3) is 3.57. The van der Waals surface area contributed by atoms with Gasteiger partial charge in [-0.1, -0.05) is 42.6 Å². The van der Waals surface area contributed by atoms with Gasteiger partial charge in [0.1, 0.15) is 0 Å². The van der Waals surface area contributed by atoms with Crippen molar-refractivity contribution in [2.45, 2.75) is 37.6 Å². The normalized spacial score (nSPS) is 20.2. The molecule has 2 amide bonds. The quantitative estimate of drug-likeness (QED) is 0.905. The summed E-state index contributed by atoms with van der Waals surface area (Å²) in [4.78, 5) is 28.7. The lowest BCUT2D eigenvalue weighted by atomic mass is 9.97. The first-order valence-electron chi connectivity index (χ1n) is 8.59. The van der Waals surface area contributed by atoms with E-state index in [1.54, 1.807) is 6.07 Å². The first kappa shape index (κ1) is 17.2. The van der Waals surface area contributed by atoms with Gasteiger partial charge in [0, 0.05) is 31.2 Å². The summed E-state index contributed by atoms with van der Waals surface area (Å²) in [7, 11) is 0. The maximum absolute atomic E-state index is 12.6. The van der Waals surface area contributed by atoms with E-state index in [-0.39, 0.29) is 11.8 Å². The minimum absolute atomic E-state index is 0.0539. The van der Waals surface area contributed by atoms with Crippen LogP contribution < -0.4 is 5.73 Å². The fourth-order valence-electron chi connectivity index (χ4n) is 3.61. The molecule has 2 aliphatic rings. The van der Waals surface area contributed by atoms with Crippen molar-refractivity contribution in [3.8, 4) is 0 Å². The van der Waals surface area contributed by atoms with Gasteiger partial charge in [0.25, 0.3) is 0 Å². The average molecular weight is 350 g/mol. The Hall–Kier alpha value is -1.59. The van der Waals surface area contributed by atoms with Crippen molar-refractivity contribution in [3.05, 3.63) is 34.9 Å². The van der Waals surface area contributed by atoms with Crippen molar-refractivity contribution in [1.82, 2.24) is 9.80 Å². The van der Waals surface area contributed by atoms with E-state index < -0.39 is 5.54 Å². The van der Waals surface area contributed by atoms with Crippen LogP contribution in [-0.2, 0) is 16.0 Å². The van der Waals surface area contributed by atoms with Crippen molar-refractivity contribution in [3.63, 3.8) is 0 Å². The van der Waals surface area contributed by atoms with Gasteiger partial charge in [0.15, 0.2) is 0 Å². The molecule has 2 fully saturated rings. The van der Waals surface area contributed by atoms with Crippen LogP contribution in [0.4, 0.5) is 0 Å². The Bertz CT molecular complexity index is 620. The molecular formula is C18H24ClN3O2. The van der Waals surface area contributed by atoms with Gasteiger partial charge in [0.05, 0.1) is 12.0 Å². The summed E-state index contributed by atoms with van der Waals surface area (Å²) < 4.78 is 0. The average Bonchev–Trinajstić information content (AvgIpc) is 3.04. The lowest BCUT2D eigenvalue weighted by Gasteiger charge is -2.38. The number of carbonyl (C=O) groups is 2. The van der Waals surface area contributed by atoms with Gasteiger partial charge in [-0.15, -0.1) is 0 Å². The van der Waals surface area contributed by atoms with Gasteiger partial charge in [-0.3, -0.25) is 9.59 Å². The molecule has 0 unspecified atom stereocenters. The fraction of sp³-hybridized carbons (Fsp3) is 0.556. The molecule has 2 N–H and O–H groups in total. The van der Waals surface area contributed by atoms with E-state index in [4.69, 9.17) is 17.3 Å². The molecule has 0 radical (unpaired) electrons. The van der Waals surface area contributed by atoms with Crippen LogP contribution in [0.3, 0.4) is 0 Å². The number of hydrogen-bond acceptors (Lipinski definition) is 3. The summed E-state index contributed by atoms with van der Waals surface area (Å²) in [5, 5.41) is 0.617. The predicted molar refractivity (Wildman–Crippen MR) is 93.7 cm³/mol. The number of benzene rings is 1. The van der Waals surface area contributed by atoms with Crippen LogP contribution in [0.25, 0.3) is 0 Å². The summed E-state index contributed by atoms with van der Waals surface area (Å²) in [6.07, 6.45) is 3.90. The number of carbonyl (C=O) groups excluding carboxylic acids is 2. The molecule has 0 spiro atoms. The molecule has 1 aromatic rings. The van der Waals surface area contributed by atoms with Crippen LogP contribution >= 0.6 is 11.6 Å². The Morgan fingerprint density at radius 3 is 2.25 bits per heavy atom. The van der Waals surface area contributed by atoms with E-state index in [9.17, 15) is 9.59 Å². The third-order valence-corrected chi connectivity index (χ3v) is 5.51. The first-order valence-corrected chi connectivity index (χ1v) is 8.97. The topological polar surface area (TPSA) is 66.6 Å². The molecule has 1 saturated heterocycles. The number of rotatable bonds is 3. The van der Waals surface area contributed by atoms with Crippen LogP contribution in [0, 0.1) is 0 Å². The predicted octanol–water partition coefficient (Wildman–Crippen LogP) is 1.82. The molecule has 130 valence electrons. The minimum Gasteiger partial charge on any atom is -0.339 e. The van der Waals surface area contributed by atoms with E-state index in [2.05, 4.69) is 0 Å². The first-order chi connectivity index (χ1) is 11.5. The molecule has 0 bridgehead atoms. The van der Waals surface area contributed by atoms with E-state index >= 15 is 0 Å². The maximum Gasteiger partial charge on any atom is 0.242 e. The second-order valence-electron chi connectivity index (χ2n) is 6.80. The van der Waals surface area contributed by atoms with E-state index in [0.29, 0.717) is 37.6 Å². The summed E-state index contributed by atoms with van der Waals surface area (Å²) in [6, 6.07) is 7.40. The number of piperazine rings is 1. The van der Waals surface area contributed by atoms with Gasteiger partial charge < -0.3 is 15.5 Å². The van der Waals surface area contributed by atoms with Gasteiger partial charge in [-0.25, -0.2) is 0 Å². The van der Waals surface area contributed by atoms with Gasteiger partial charge >= 0.3 is 0 Å². The molecule has 0 atom stereocenters. The molecule has 1 aliphatic heterocycles. The van der Waals surface area contributed by atoms with Gasteiger partial charge in [0.2, 0.25) is 11.8 Å². The second kappa shape index (κ2) is 7.11. The highest BCUT2D eigenvalue weighted by molar-refractivity contribution is 6.31. The zero-order valence-corrected chi connectivity index (χ0v) is 14.6. The monoisotopic (exact) mass is 349 g/mol. The molecule has 3 rings (SSSR count). The Labute approximate surface area is 147 Å². The molecule has 1 aliphatic carbocycles. The van der Waals surface area contributed by atoms with Crippen molar-refractivity contribution < 1.29 is 9.59 Å². The fourth-order valence-corrected chi connectivity index (χ4v) is 3.81. The summed E-state index contributed by atoms with van der Waals surface area (Å²) in [5.41, 5.74) is 6.43. The Morgan fingerprint density at radius 2 is 1.62 bits per heavy atom. The van der Waals surface area contributed by atoms with Crippen molar-refractivity contribution >= 4 is 23.4 Å². The minimum atomic E-state index is -0.677. The van der Waals surface area contributed by atoms with Crippen LogP contribution in [-0.4, -0.2) is 53.3 Å². The molecule has 1 saturated carbocycles. The summed E-state index contributed by atoms with van der Waals surface area (Å²) >= 11 is 6.12. The van der Waals surface area contributed by atoms with Gasteiger partial charge in [-0.05, 0) is 24.5 Å². The number of amides is 2. The number of hydrogen-bond donors (Lipinski definition) is 1. The summed E-state index contributed by atoms with van der Waals surface area (Å²) in [6.45, 7) is 2.24. The van der Waals surface area contributed by atoms with E-state index in [1.807, 2.05) is 28.0 Å². The standard InChI is InChI=1S/C18H24ClN3O2/c19-15-6-2-1-5-14(15)13-16(23)21-9-11-22(12-10-21)17(24)18(20)7-3-4-8-18/h1-2,5-6H,3-4,7-13,20H2. The number of halogens is 1. The highest BCUT2D eigenvalue weighted by Gasteiger charge is 2.40. The van der Waals surface area contributed by atoms with Crippen LogP contribution in [0.2, 0.25) is 5.02 Å². The zero-order valence-electron chi connectivity index (χ0n) is 13.8. The molecule has 6 heteroatoms. The molecule has 5 nitrogen and oxygen atoms in total. The third-order valence-electron chi connectivity index (χ3n) is 5.14. The zero-order chi connectivity index (χ0) is 17.2. The second-order valence-corrected chi connectivity index (χ2v) is 7.21. The number of nitrogens with two attached hydrogens (primary N) is 1. The highest BCUT2D eigenvalue weighted by Crippen LogP contribution is 2.29. The number of nitrogens with zero attached hydrogens (tertiary/aromatic N) is 2.